The van der Waals surface area contributed by atoms with Gasteiger partial charge in [0.05, 0.1) is 24.1 Å². The van der Waals surface area contributed by atoms with Gasteiger partial charge in [0.15, 0.2) is 0 Å². The molecule has 5 heteroatoms. The van der Waals surface area contributed by atoms with E-state index in [1.807, 2.05) is 25.1 Å². The Labute approximate surface area is 146 Å². The van der Waals surface area contributed by atoms with E-state index < -0.39 is 0 Å². The maximum atomic E-state index is 11.6. The number of aromatic amines is 1. The zero-order valence-electron chi connectivity index (χ0n) is 14.5. The number of nitrogens with one attached hydrogen (secondary N) is 1. The van der Waals surface area contributed by atoms with Crippen LogP contribution in [0.1, 0.15) is 50.9 Å². The Kier molecular flexibility index (Phi) is 5.09. The third-order valence-corrected chi connectivity index (χ3v) is 5.44. The highest BCUT2D eigenvalue weighted by molar-refractivity contribution is 6.14. The Balaban J connectivity index is 1.66. The van der Waals surface area contributed by atoms with Crippen LogP contribution in [-0.4, -0.2) is 32.8 Å². The normalized spacial score (nSPS) is 24.2. The molecular formula is C19H25N2O2Si. The van der Waals surface area contributed by atoms with Crippen molar-refractivity contribution in [1.29, 1.82) is 0 Å². The van der Waals surface area contributed by atoms with Crippen LogP contribution < -0.4 is 0 Å². The van der Waals surface area contributed by atoms with E-state index in [9.17, 15) is 4.79 Å². The first-order valence-electron chi connectivity index (χ1n) is 8.83. The molecule has 0 saturated heterocycles. The fraction of sp³-hybridized carbons (Fsp3) is 0.579. The Morgan fingerprint density at radius 1 is 1.42 bits per heavy atom. The molecule has 1 aliphatic carbocycles. The molecule has 0 amide bonds. The van der Waals surface area contributed by atoms with Gasteiger partial charge in [0, 0.05) is 16.7 Å². The largest absolute Gasteiger partial charge is 0.466 e. The monoisotopic (exact) mass is 341 g/mol. The lowest BCUT2D eigenvalue weighted by Crippen LogP contribution is -2.20. The summed E-state index contributed by atoms with van der Waals surface area (Å²) in [5.74, 6) is 1.58. The molecule has 0 unspecified atom stereocenters. The maximum Gasteiger partial charge on any atom is 0.310 e. The van der Waals surface area contributed by atoms with Gasteiger partial charge >= 0.3 is 5.97 Å². The zero-order chi connectivity index (χ0) is 17.2. The summed E-state index contributed by atoms with van der Waals surface area (Å²) < 4.78 is 5.01. The summed E-state index contributed by atoms with van der Waals surface area (Å²) in [5.41, 5.74) is 2.94. The van der Waals surface area contributed by atoms with Crippen molar-refractivity contribution in [3.8, 4) is 0 Å². The van der Waals surface area contributed by atoms with Crippen molar-refractivity contribution in [2.75, 3.05) is 6.61 Å². The molecule has 127 valence electrons. The molecule has 3 rings (SSSR count). The highest BCUT2D eigenvalue weighted by atomic mass is 28.1. The molecular weight excluding hydrogens is 316 g/mol. The van der Waals surface area contributed by atoms with Crippen LogP contribution in [-0.2, 0) is 22.4 Å². The highest BCUT2D eigenvalue weighted by Gasteiger charge is 2.27. The fourth-order valence-corrected chi connectivity index (χ4v) is 3.78. The second-order valence-corrected chi connectivity index (χ2v) is 8.43. The molecule has 1 aliphatic rings. The number of hydrogen-bond donors (Lipinski definition) is 1. The number of imidazole rings is 1. The average molecular weight is 342 g/mol. The van der Waals surface area contributed by atoms with E-state index in [1.54, 1.807) is 0 Å². The van der Waals surface area contributed by atoms with Crippen LogP contribution >= 0.6 is 0 Å². The van der Waals surface area contributed by atoms with E-state index in [0.717, 1.165) is 28.8 Å². The van der Waals surface area contributed by atoms with Gasteiger partial charge in [-0.1, -0.05) is 25.8 Å². The summed E-state index contributed by atoms with van der Waals surface area (Å²) in [6.07, 6.45) is 6.24. The number of fused-ring (bicyclic) bond motifs is 1. The standard InChI is InChI=1S/C19H25N2O2Si/c1-3-23-18(22)12-14-4-5-15-16(10-14)21-17(20-15)11-13-6-8-19(2,24)9-7-13/h4-5,10,13H,3,6-9,11-12H2,1-2H3,(H,20,21). The van der Waals surface area contributed by atoms with Crippen LogP contribution in [0.15, 0.2) is 18.2 Å². The van der Waals surface area contributed by atoms with E-state index in [-0.39, 0.29) is 5.97 Å². The molecule has 1 aromatic carbocycles. The van der Waals surface area contributed by atoms with Gasteiger partial charge in [-0.2, -0.15) is 0 Å². The Morgan fingerprint density at radius 3 is 2.88 bits per heavy atom. The molecule has 1 saturated carbocycles. The molecule has 4 nitrogen and oxygen atoms in total. The van der Waals surface area contributed by atoms with E-state index in [2.05, 4.69) is 22.2 Å². The first-order chi connectivity index (χ1) is 11.4. The zero-order valence-corrected chi connectivity index (χ0v) is 15.5. The number of ether oxygens (including phenoxy) is 1. The first kappa shape index (κ1) is 17.2. The lowest BCUT2D eigenvalue weighted by molar-refractivity contribution is -0.142. The average Bonchev–Trinajstić information content (AvgIpc) is 2.91. The minimum atomic E-state index is -0.184. The van der Waals surface area contributed by atoms with Crippen LogP contribution in [0.3, 0.4) is 0 Å². The van der Waals surface area contributed by atoms with Crippen LogP contribution in [0.4, 0.5) is 0 Å². The van der Waals surface area contributed by atoms with Gasteiger partial charge < -0.3 is 9.72 Å². The number of esters is 1. The molecule has 3 radical (unpaired) electrons. The molecule has 1 fully saturated rings. The number of H-pyrrole nitrogens is 1. The van der Waals surface area contributed by atoms with Crippen LogP contribution in [0.2, 0.25) is 5.04 Å². The molecule has 2 aromatic rings. The minimum absolute atomic E-state index is 0.184. The predicted molar refractivity (Wildman–Crippen MR) is 96.2 cm³/mol. The summed E-state index contributed by atoms with van der Waals surface area (Å²) in [6.45, 7) is 4.53. The van der Waals surface area contributed by atoms with Crippen molar-refractivity contribution in [1.82, 2.24) is 9.97 Å². The van der Waals surface area contributed by atoms with E-state index in [0.29, 0.717) is 24.0 Å². The van der Waals surface area contributed by atoms with Crippen LogP contribution in [0.25, 0.3) is 11.0 Å². The molecule has 24 heavy (non-hydrogen) atoms. The van der Waals surface area contributed by atoms with Gasteiger partial charge in [-0.05, 0) is 48.4 Å². The highest BCUT2D eigenvalue weighted by Crippen LogP contribution is 2.42. The van der Waals surface area contributed by atoms with Gasteiger partial charge in [0.25, 0.3) is 0 Å². The molecule has 1 aromatic heterocycles. The number of rotatable bonds is 5. The molecule has 0 spiro atoms. The fourth-order valence-electron chi connectivity index (χ4n) is 3.49. The SMILES string of the molecule is CCOC(=O)Cc1ccc2nc(CC3CCC(C)([Si])CC3)[nH]c2c1. The number of carbonyl (C=O) groups excluding carboxylic acids is 1. The Hall–Kier alpha value is -1.62. The minimum Gasteiger partial charge on any atom is -0.466 e. The van der Waals surface area contributed by atoms with Crippen molar-refractivity contribution < 1.29 is 9.53 Å². The second kappa shape index (κ2) is 7.09. The number of benzene rings is 1. The molecule has 1 heterocycles. The van der Waals surface area contributed by atoms with Gasteiger partial charge in [-0.15, -0.1) is 0 Å². The van der Waals surface area contributed by atoms with Gasteiger partial charge in [-0.3, -0.25) is 4.79 Å². The number of aromatic nitrogens is 2. The maximum absolute atomic E-state index is 11.6. The molecule has 1 N–H and O–H groups in total. The van der Waals surface area contributed by atoms with Gasteiger partial charge in [0.2, 0.25) is 0 Å². The summed E-state index contributed by atoms with van der Waals surface area (Å²) in [4.78, 5) is 19.8. The third-order valence-electron chi connectivity index (χ3n) is 4.94. The van der Waals surface area contributed by atoms with Crippen molar-refractivity contribution in [2.24, 2.45) is 5.92 Å². The molecule has 0 bridgehead atoms. The van der Waals surface area contributed by atoms with E-state index in [4.69, 9.17) is 9.72 Å². The number of nitrogens with zero attached hydrogens (tertiary/aromatic N) is 1. The molecule has 0 atom stereocenters. The van der Waals surface area contributed by atoms with Crippen LogP contribution in [0, 0.1) is 5.92 Å². The quantitative estimate of drug-likeness (QED) is 0.666. The lowest BCUT2D eigenvalue weighted by Gasteiger charge is -2.33. The lowest BCUT2D eigenvalue weighted by atomic mass is 9.80. The number of carbonyl (C=O) groups is 1. The van der Waals surface area contributed by atoms with Crippen LogP contribution in [0.5, 0.6) is 0 Å². The summed E-state index contributed by atoms with van der Waals surface area (Å²) in [6, 6.07) is 5.96. The van der Waals surface area contributed by atoms with E-state index >= 15 is 0 Å². The second-order valence-electron chi connectivity index (χ2n) is 7.22. The Bertz CT molecular complexity index is 713. The summed E-state index contributed by atoms with van der Waals surface area (Å²) in [7, 11) is 3.86. The van der Waals surface area contributed by atoms with E-state index in [1.165, 1.54) is 25.7 Å². The summed E-state index contributed by atoms with van der Waals surface area (Å²) >= 11 is 0. The Morgan fingerprint density at radius 2 is 2.17 bits per heavy atom. The number of hydrogen-bond acceptors (Lipinski definition) is 3. The summed E-state index contributed by atoms with van der Waals surface area (Å²) in [5, 5.41) is 0.312. The molecule has 0 aliphatic heterocycles. The van der Waals surface area contributed by atoms with Gasteiger partial charge in [-0.25, -0.2) is 4.98 Å². The smallest absolute Gasteiger partial charge is 0.310 e. The van der Waals surface area contributed by atoms with Gasteiger partial charge in [0.1, 0.15) is 5.82 Å². The third kappa shape index (κ3) is 4.26. The van der Waals surface area contributed by atoms with Crippen molar-refractivity contribution >= 4 is 27.2 Å². The van der Waals surface area contributed by atoms with Crippen molar-refractivity contribution in [3.05, 3.63) is 29.6 Å². The van der Waals surface area contributed by atoms with Crippen molar-refractivity contribution in [2.45, 2.75) is 57.4 Å². The predicted octanol–water partition coefficient (Wildman–Crippen LogP) is 3.75. The van der Waals surface area contributed by atoms with Crippen molar-refractivity contribution in [3.63, 3.8) is 0 Å². The topological polar surface area (TPSA) is 55.0 Å². The first-order valence-corrected chi connectivity index (χ1v) is 9.33.